The summed E-state index contributed by atoms with van der Waals surface area (Å²) >= 11 is 3.43. The quantitative estimate of drug-likeness (QED) is 0.904. The van der Waals surface area contributed by atoms with Gasteiger partial charge in [0.1, 0.15) is 12.1 Å². The molecule has 2 rings (SSSR count). The molecule has 1 aliphatic heterocycles. The molecule has 1 heterocycles. The van der Waals surface area contributed by atoms with Crippen molar-refractivity contribution in [3.63, 3.8) is 0 Å². The Kier molecular flexibility index (Phi) is 5.04. The van der Waals surface area contributed by atoms with Crippen molar-refractivity contribution in [3.05, 3.63) is 28.2 Å². The van der Waals surface area contributed by atoms with E-state index in [2.05, 4.69) is 21.2 Å². The first-order valence-electron chi connectivity index (χ1n) is 7.39. The number of carbonyl (C=O) groups excluding carboxylic acids is 2. The van der Waals surface area contributed by atoms with Crippen LogP contribution in [0.3, 0.4) is 0 Å². The molecule has 1 aromatic carbocycles. The van der Waals surface area contributed by atoms with E-state index < -0.39 is 12.1 Å². The lowest BCUT2D eigenvalue weighted by Gasteiger charge is -2.39. The van der Waals surface area contributed by atoms with E-state index in [0.717, 1.165) is 22.1 Å². The predicted octanol–water partition coefficient (Wildman–Crippen LogP) is 3.17. The van der Waals surface area contributed by atoms with Gasteiger partial charge in [0.25, 0.3) is 0 Å². The summed E-state index contributed by atoms with van der Waals surface area (Å²) in [4.78, 5) is 26.8. The number of nitrogens with one attached hydrogen (secondary N) is 1. The third-order valence-electron chi connectivity index (χ3n) is 3.85. The Morgan fingerprint density at radius 1 is 1.29 bits per heavy atom. The molecule has 2 atom stereocenters. The van der Waals surface area contributed by atoms with Gasteiger partial charge in [-0.15, -0.1) is 0 Å². The number of aryl methyl sites for hydroxylation is 1. The minimum Gasteiger partial charge on any atom is -0.342 e. The average molecular weight is 353 g/mol. The Bertz CT molecular complexity index is 559. The molecule has 0 aromatic heterocycles. The Labute approximate surface area is 134 Å². The van der Waals surface area contributed by atoms with Crippen molar-refractivity contribution >= 4 is 33.4 Å². The number of nitrogens with zero attached hydrogens (tertiary/aromatic N) is 1. The molecule has 2 unspecified atom stereocenters. The first kappa shape index (κ1) is 16.0. The van der Waals surface area contributed by atoms with Crippen molar-refractivity contribution < 1.29 is 9.59 Å². The van der Waals surface area contributed by atoms with Crippen LogP contribution < -0.4 is 10.2 Å². The molecule has 0 radical (unpaired) electrons. The fourth-order valence-corrected chi connectivity index (χ4v) is 3.27. The van der Waals surface area contributed by atoms with E-state index in [4.69, 9.17) is 0 Å². The molecule has 0 spiro atoms. The first-order chi connectivity index (χ1) is 9.99. The number of carbonyl (C=O) groups is 2. The van der Waals surface area contributed by atoms with E-state index >= 15 is 0 Å². The van der Waals surface area contributed by atoms with Crippen LogP contribution in [0.2, 0.25) is 0 Å². The molecule has 1 aliphatic rings. The van der Waals surface area contributed by atoms with Crippen LogP contribution in [0.15, 0.2) is 22.7 Å². The van der Waals surface area contributed by atoms with Crippen molar-refractivity contribution in [1.29, 1.82) is 0 Å². The first-order valence-corrected chi connectivity index (χ1v) is 8.18. The maximum atomic E-state index is 12.8. The molecule has 5 heteroatoms. The standard InChI is InChI=1S/C16H21BrN2O2/c1-4-6-12-16(21)19(13(5-2)15(20)18-12)14-8-7-11(17)9-10(14)3/h7-9,12-13H,4-6H2,1-3H3,(H,18,20). The number of anilines is 1. The summed E-state index contributed by atoms with van der Waals surface area (Å²) in [5.74, 6) is -0.0633. The second kappa shape index (κ2) is 6.60. The summed E-state index contributed by atoms with van der Waals surface area (Å²) < 4.78 is 0.968. The smallest absolute Gasteiger partial charge is 0.250 e. The molecule has 1 saturated heterocycles. The van der Waals surface area contributed by atoms with Crippen LogP contribution in [0.5, 0.6) is 0 Å². The van der Waals surface area contributed by atoms with E-state index in [0.29, 0.717) is 12.8 Å². The third kappa shape index (κ3) is 3.12. The highest BCUT2D eigenvalue weighted by atomic mass is 79.9. The fourth-order valence-electron chi connectivity index (χ4n) is 2.80. The second-order valence-corrected chi connectivity index (χ2v) is 6.33. The van der Waals surface area contributed by atoms with E-state index in [-0.39, 0.29) is 11.8 Å². The zero-order valence-electron chi connectivity index (χ0n) is 12.6. The topological polar surface area (TPSA) is 49.4 Å². The predicted molar refractivity (Wildman–Crippen MR) is 87.3 cm³/mol. The molecule has 114 valence electrons. The largest absolute Gasteiger partial charge is 0.342 e. The number of piperazine rings is 1. The Morgan fingerprint density at radius 3 is 2.57 bits per heavy atom. The Morgan fingerprint density at radius 2 is 2.00 bits per heavy atom. The zero-order chi connectivity index (χ0) is 15.6. The Hall–Kier alpha value is -1.36. The SMILES string of the molecule is CCCC1NC(=O)C(CC)N(c2ccc(Br)cc2C)C1=O. The minimum atomic E-state index is -0.425. The highest BCUT2D eigenvalue weighted by molar-refractivity contribution is 9.10. The van der Waals surface area contributed by atoms with Gasteiger partial charge in [0.15, 0.2) is 0 Å². The van der Waals surface area contributed by atoms with E-state index in [1.165, 1.54) is 0 Å². The molecule has 0 saturated carbocycles. The van der Waals surface area contributed by atoms with Gasteiger partial charge in [-0.1, -0.05) is 36.2 Å². The normalized spacial score (nSPS) is 22.4. The number of benzene rings is 1. The summed E-state index contributed by atoms with van der Waals surface area (Å²) in [6.07, 6.45) is 2.14. The number of hydrogen-bond donors (Lipinski definition) is 1. The highest BCUT2D eigenvalue weighted by Crippen LogP contribution is 2.29. The second-order valence-electron chi connectivity index (χ2n) is 5.41. The molecule has 0 aliphatic carbocycles. The molecule has 1 aromatic rings. The van der Waals surface area contributed by atoms with Gasteiger partial charge >= 0.3 is 0 Å². The Balaban J connectivity index is 2.44. The van der Waals surface area contributed by atoms with Gasteiger partial charge in [0.2, 0.25) is 11.8 Å². The minimum absolute atomic E-state index is 0.00581. The van der Waals surface area contributed by atoms with Crippen molar-refractivity contribution in [2.45, 2.75) is 52.1 Å². The van der Waals surface area contributed by atoms with E-state index in [1.807, 2.05) is 39.0 Å². The molecule has 1 fully saturated rings. The van der Waals surface area contributed by atoms with Gasteiger partial charge < -0.3 is 5.32 Å². The lowest BCUT2D eigenvalue weighted by atomic mass is 10.00. The molecule has 1 N–H and O–H groups in total. The summed E-state index contributed by atoms with van der Waals surface area (Å²) in [5, 5.41) is 2.86. The van der Waals surface area contributed by atoms with Crippen LogP contribution in [-0.4, -0.2) is 23.9 Å². The van der Waals surface area contributed by atoms with Crippen LogP contribution in [0.25, 0.3) is 0 Å². The highest BCUT2D eigenvalue weighted by Gasteiger charge is 2.40. The summed E-state index contributed by atoms with van der Waals surface area (Å²) in [7, 11) is 0. The van der Waals surface area contributed by atoms with Crippen molar-refractivity contribution in [2.75, 3.05) is 4.90 Å². The van der Waals surface area contributed by atoms with Crippen molar-refractivity contribution in [2.24, 2.45) is 0 Å². The van der Waals surface area contributed by atoms with Crippen LogP contribution in [0.1, 0.15) is 38.7 Å². The average Bonchev–Trinajstić information content (AvgIpc) is 2.43. The van der Waals surface area contributed by atoms with Gasteiger partial charge in [-0.2, -0.15) is 0 Å². The molecule has 21 heavy (non-hydrogen) atoms. The van der Waals surface area contributed by atoms with Crippen LogP contribution in [-0.2, 0) is 9.59 Å². The number of amides is 2. The number of rotatable bonds is 4. The summed E-state index contributed by atoms with van der Waals surface area (Å²) in [5.41, 5.74) is 1.81. The number of halogens is 1. The zero-order valence-corrected chi connectivity index (χ0v) is 14.2. The molecular weight excluding hydrogens is 332 g/mol. The summed E-state index contributed by atoms with van der Waals surface area (Å²) in [6.45, 7) is 5.90. The molecule has 2 amide bonds. The fraction of sp³-hybridized carbons (Fsp3) is 0.500. The van der Waals surface area contributed by atoms with Crippen LogP contribution in [0, 0.1) is 6.92 Å². The lowest BCUT2D eigenvalue weighted by Crippen LogP contribution is -2.63. The van der Waals surface area contributed by atoms with E-state index in [1.54, 1.807) is 4.90 Å². The van der Waals surface area contributed by atoms with Gasteiger partial charge in [-0.25, -0.2) is 0 Å². The van der Waals surface area contributed by atoms with Gasteiger partial charge in [-0.3, -0.25) is 14.5 Å². The maximum absolute atomic E-state index is 12.8. The summed E-state index contributed by atoms with van der Waals surface area (Å²) in [6, 6.07) is 4.95. The lowest BCUT2D eigenvalue weighted by molar-refractivity contribution is -0.134. The van der Waals surface area contributed by atoms with Gasteiger partial charge in [0, 0.05) is 10.2 Å². The van der Waals surface area contributed by atoms with Crippen molar-refractivity contribution in [1.82, 2.24) is 5.32 Å². The number of hydrogen-bond acceptors (Lipinski definition) is 2. The van der Waals surface area contributed by atoms with Crippen molar-refractivity contribution in [3.8, 4) is 0 Å². The molecular formula is C16H21BrN2O2. The van der Waals surface area contributed by atoms with Gasteiger partial charge in [0.05, 0.1) is 0 Å². The molecule has 0 bridgehead atoms. The van der Waals surface area contributed by atoms with Gasteiger partial charge in [-0.05, 0) is 43.5 Å². The maximum Gasteiger partial charge on any atom is 0.250 e. The third-order valence-corrected chi connectivity index (χ3v) is 4.34. The van der Waals surface area contributed by atoms with Crippen LogP contribution >= 0.6 is 15.9 Å². The van der Waals surface area contributed by atoms with Crippen LogP contribution in [0.4, 0.5) is 5.69 Å². The molecule has 4 nitrogen and oxygen atoms in total. The van der Waals surface area contributed by atoms with E-state index in [9.17, 15) is 9.59 Å². The monoisotopic (exact) mass is 352 g/mol.